The molecule has 0 radical (unpaired) electrons. The Balaban J connectivity index is 3.25. The van der Waals surface area contributed by atoms with Crippen molar-refractivity contribution in [3.05, 3.63) is 12.7 Å². The fraction of sp³-hybridized carbons (Fsp3) is 0.400. The van der Waals surface area contributed by atoms with Gasteiger partial charge in [0.1, 0.15) is 0 Å². The summed E-state index contributed by atoms with van der Waals surface area (Å²) in [6.07, 6.45) is 1.70. The first-order valence-electron chi connectivity index (χ1n) is 2.15. The number of aliphatic imine (C=N–C) groups is 1. The van der Waals surface area contributed by atoms with Gasteiger partial charge in [-0.25, -0.2) is 0 Å². The highest BCUT2D eigenvalue weighted by Crippen LogP contribution is 1.68. The van der Waals surface area contributed by atoms with Gasteiger partial charge in [-0.1, -0.05) is 6.08 Å². The molecule has 40 valence electrons. The smallest absolute Gasteiger partial charge is 0.0909 e. The summed E-state index contributed by atoms with van der Waals surface area (Å²) in [6, 6.07) is 0. The zero-order chi connectivity index (χ0) is 5.70. The quantitative estimate of drug-likeness (QED) is 0.306. The Kier molecular flexibility index (Phi) is 3.02. The largest absolute Gasteiger partial charge is 0.388 e. The van der Waals surface area contributed by atoms with E-state index in [1.807, 2.05) is 0 Å². The minimum atomic E-state index is 0.611. The van der Waals surface area contributed by atoms with E-state index < -0.39 is 0 Å². The minimum absolute atomic E-state index is 0.611. The van der Waals surface area contributed by atoms with E-state index in [0.29, 0.717) is 12.4 Å². The van der Waals surface area contributed by atoms with Crippen molar-refractivity contribution in [2.75, 3.05) is 6.54 Å². The molecule has 0 aliphatic carbocycles. The predicted octanol–water partition coefficient (Wildman–Crippen LogP) is 0.550. The molecule has 0 bridgehead atoms. The van der Waals surface area contributed by atoms with Crippen LogP contribution < -0.4 is 5.73 Å². The van der Waals surface area contributed by atoms with Crippen LogP contribution in [0.4, 0.5) is 0 Å². The van der Waals surface area contributed by atoms with Gasteiger partial charge in [0.2, 0.25) is 0 Å². The van der Waals surface area contributed by atoms with Gasteiger partial charge in [0.15, 0.2) is 0 Å². The number of hydrogen-bond donors (Lipinski definition) is 1. The summed E-state index contributed by atoms with van der Waals surface area (Å²) in [5.41, 5.74) is 5.18. The van der Waals surface area contributed by atoms with E-state index in [1.54, 1.807) is 13.0 Å². The molecular formula is C5H10N2. The molecule has 0 aliphatic rings. The SMILES string of the molecule is C=CCN=C(C)N. The first-order chi connectivity index (χ1) is 3.27. The van der Waals surface area contributed by atoms with Crippen LogP contribution in [0.25, 0.3) is 0 Å². The van der Waals surface area contributed by atoms with Crippen molar-refractivity contribution < 1.29 is 0 Å². The lowest BCUT2D eigenvalue weighted by atomic mass is 10.6. The van der Waals surface area contributed by atoms with E-state index in [9.17, 15) is 0 Å². The van der Waals surface area contributed by atoms with Crippen LogP contribution in [-0.4, -0.2) is 12.4 Å². The van der Waals surface area contributed by atoms with Crippen molar-refractivity contribution >= 4 is 5.84 Å². The molecule has 2 nitrogen and oxygen atoms in total. The maximum absolute atomic E-state index is 5.18. The van der Waals surface area contributed by atoms with Crippen molar-refractivity contribution in [3.8, 4) is 0 Å². The van der Waals surface area contributed by atoms with E-state index in [0.717, 1.165) is 0 Å². The second kappa shape index (κ2) is 3.40. The second-order valence-corrected chi connectivity index (χ2v) is 1.27. The summed E-state index contributed by atoms with van der Waals surface area (Å²) in [5, 5.41) is 0. The standard InChI is InChI=1S/C5H10N2/c1-3-4-7-5(2)6/h3H,1,4H2,2H3,(H2,6,7). The van der Waals surface area contributed by atoms with Gasteiger partial charge in [-0.3, -0.25) is 4.99 Å². The number of nitrogens with zero attached hydrogens (tertiary/aromatic N) is 1. The Morgan fingerprint density at radius 1 is 2.00 bits per heavy atom. The molecule has 0 atom stereocenters. The molecule has 0 saturated heterocycles. The summed E-state index contributed by atoms with van der Waals surface area (Å²) < 4.78 is 0. The number of hydrogen-bond acceptors (Lipinski definition) is 1. The highest BCUT2D eigenvalue weighted by atomic mass is 14.8. The van der Waals surface area contributed by atoms with E-state index in [2.05, 4.69) is 11.6 Å². The van der Waals surface area contributed by atoms with Crippen molar-refractivity contribution in [2.24, 2.45) is 10.7 Å². The molecule has 0 heterocycles. The van der Waals surface area contributed by atoms with Crippen LogP contribution in [0.2, 0.25) is 0 Å². The average molecular weight is 98.1 g/mol. The van der Waals surface area contributed by atoms with Crippen LogP contribution in [0.5, 0.6) is 0 Å². The zero-order valence-electron chi connectivity index (χ0n) is 4.52. The number of amidine groups is 1. The van der Waals surface area contributed by atoms with Gasteiger partial charge in [-0.2, -0.15) is 0 Å². The fourth-order valence-corrected chi connectivity index (χ4v) is 0.209. The van der Waals surface area contributed by atoms with Crippen LogP contribution in [0, 0.1) is 0 Å². The molecule has 0 aromatic carbocycles. The summed E-state index contributed by atoms with van der Waals surface area (Å²) in [7, 11) is 0. The van der Waals surface area contributed by atoms with Crippen molar-refractivity contribution in [3.63, 3.8) is 0 Å². The minimum Gasteiger partial charge on any atom is -0.388 e. The Labute approximate surface area is 43.7 Å². The highest BCUT2D eigenvalue weighted by molar-refractivity contribution is 5.77. The third-order valence-corrected chi connectivity index (χ3v) is 0.470. The van der Waals surface area contributed by atoms with Crippen LogP contribution in [-0.2, 0) is 0 Å². The monoisotopic (exact) mass is 98.1 g/mol. The maximum atomic E-state index is 5.18. The molecule has 0 aromatic heterocycles. The van der Waals surface area contributed by atoms with Crippen molar-refractivity contribution in [2.45, 2.75) is 6.92 Å². The Bertz CT molecular complexity index is 80.1. The summed E-state index contributed by atoms with van der Waals surface area (Å²) in [4.78, 5) is 3.82. The topological polar surface area (TPSA) is 38.4 Å². The molecule has 0 unspecified atom stereocenters. The van der Waals surface area contributed by atoms with Gasteiger partial charge in [-0.05, 0) is 6.92 Å². The van der Waals surface area contributed by atoms with Gasteiger partial charge in [0, 0.05) is 0 Å². The van der Waals surface area contributed by atoms with Gasteiger partial charge in [0.05, 0.1) is 12.4 Å². The first-order valence-corrected chi connectivity index (χ1v) is 2.15. The van der Waals surface area contributed by atoms with Gasteiger partial charge >= 0.3 is 0 Å². The van der Waals surface area contributed by atoms with Gasteiger partial charge in [-0.15, -0.1) is 6.58 Å². The molecule has 0 aliphatic heterocycles. The van der Waals surface area contributed by atoms with Crippen LogP contribution in [0.3, 0.4) is 0 Å². The molecule has 0 fully saturated rings. The van der Waals surface area contributed by atoms with E-state index in [4.69, 9.17) is 5.73 Å². The Hall–Kier alpha value is -0.790. The molecule has 2 N–H and O–H groups in total. The molecule has 0 aromatic rings. The molecule has 0 spiro atoms. The zero-order valence-corrected chi connectivity index (χ0v) is 4.52. The fourth-order valence-electron chi connectivity index (χ4n) is 0.209. The molecule has 0 rings (SSSR count). The lowest BCUT2D eigenvalue weighted by Gasteiger charge is -1.83. The molecule has 2 heteroatoms. The second-order valence-electron chi connectivity index (χ2n) is 1.27. The van der Waals surface area contributed by atoms with Crippen LogP contribution in [0.1, 0.15) is 6.92 Å². The molecule has 0 saturated carbocycles. The third kappa shape index (κ3) is 5.21. The maximum Gasteiger partial charge on any atom is 0.0909 e. The summed E-state index contributed by atoms with van der Waals surface area (Å²) in [6.45, 7) is 5.85. The molecule has 0 amide bonds. The van der Waals surface area contributed by atoms with E-state index in [-0.39, 0.29) is 0 Å². The highest BCUT2D eigenvalue weighted by Gasteiger charge is 1.70. The van der Waals surface area contributed by atoms with Crippen molar-refractivity contribution in [1.82, 2.24) is 0 Å². The molecular weight excluding hydrogens is 88.1 g/mol. The normalized spacial score (nSPS) is 11.3. The van der Waals surface area contributed by atoms with E-state index in [1.165, 1.54) is 0 Å². The lowest BCUT2D eigenvalue weighted by molar-refractivity contribution is 1.23. The van der Waals surface area contributed by atoms with Crippen molar-refractivity contribution in [1.29, 1.82) is 0 Å². The predicted molar refractivity (Wildman–Crippen MR) is 32.4 cm³/mol. The average Bonchev–Trinajstić information content (AvgIpc) is 1.61. The number of nitrogens with two attached hydrogens (primary N) is 1. The Morgan fingerprint density at radius 2 is 2.57 bits per heavy atom. The lowest BCUT2D eigenvalue weighted by Crippen LogP contribution is -2.05. The van der Waals surface area contributed by atoms with Gasteiger partial charge in [0.25, 0.3) is 0 Å². The third-order valence-electron chi connectivity index (χ3n) is 0.470. The first kappa shape index (κ1) is 6.21. The molecule has 7 heavy (non-hydrogen) atoms. The van der Waals surface area contributed by atoms with Gasteiger partial charge < -0.3 is 5.73 Å². The Morgan fingerprint density at radius 3 is 2.71 bits per heavy atom. The summed E-state index contributed by atoms with van der Waals surface area (Å²) >= 11 is 0. The summed E-state index contributed by atoms with van der Waals surface area (Å²) in [5.74, 6) is 0.611. The van der Waals surface area contributed by atoms with Crippen LogP contribution in [0.15, 0.2) is 17.6 Å². The van der Waals surface area contributed by atoms with E-state index >= 15 is 0 Å². The number of rotatable bonds is 2. The van der Waals surface area contributed by atoms with Crippen LogP contribution >= 0.6 is 0 Å².